The van der Waals surface area contributed by atoms with Crippen LogP contribution in [-0.2, 0) is 14.3 Å². The third kappa shape index (κ3) is 8.19. The van der Waals surface area contributed by atoms with Gasteiger partial charge in [-0.3, -0.25) is 9.59 Å². The van der Waals surface area contributed by atoms with Crippen LogP contribution in [0.5, 0.6) is 5.75 Å². The van der Waals surface area contributed by atoms with Crippen LogP contribution >= 0.6 is 12.6 Å². The zero-order valence-electron chi connectivity index (χ0n) is 22.0. The molecule has 0 fully saturated rings. The lowest BCUT2D eigenvalue weighted by Gasteiger charge is -2.42. The highest BCUT2D eigenvalue weighted by Gasteiger charge is 2.41. The van der Waals surface area contributed by atoms with Crippen LogP contribution in [0.25, 0.3) is 0 Å². The summed E-state index contributed by atoms with van der Waals surface area (Å²) in [5.74, 6) is -0.178. The second-order valence-electron chi connectivity index (χ2n) is 10.3. The number of methoxy groups -OCH3 is 1. The predicted octanol–water partition coefficient (Wildman–Crippen LogP) is 4.83. The van der Waals surface area contributed by atoms with Crippen molar-refractivity contribution in [1.82, 2.24) is 10.2 Å². The van der Waals surface area contributed by atoms with Crippen molar-refractivity contribution in [1.29, 1.82) is 0 Å². The number of alkyl carbamates (subject to hydrolysis) is 1. The Bertz CT molecular complexity index is 1030. The van der Waals surface area contributed by atoms with Crippen LogP contribution in [0, 0.1) is 0 Å². The molecule has 36 heavy (non-hydrogen) atoms. The third-order valence-electron chi connectivity index (χ3n) is 5.11. The van der Waals surface area contributed by atoms with Crippen molar-refractivity contribution in [3.05, 3.63) is 60.2 Å². The smallest absolute Gasteiger partial charge is 0.408 e. The van der Waals surface area contributed by atoms with E-state index in [1.165, 1.54) is 4.90 Å². The number of carbonyl (C=O) groups is 3. The van der Waals surface area contributed by atoms with Gasteiger partial charge in [0.2, 0.25) is 5.91 Å². The van der Waals surface area contributed by atoms with Gasteiger partial charge in [0, 0.05) is 17.0 Å². The van der Waals surface area contributed by atoms with Crippen LogP contribution in [0.3, 0.4) is 0 Å². The van der Waals surface area contributed by atoms with Gasteiger partial charge in [-0.15, -0.1) is 0 Å². The van der Waals surface area contributed by atoms with E-state index in [4.69, 9.17) is 9.47 Å². The summed E-state index contributed by atoms with van der Waals surface area (Å²) in [6.45, 7) is 10.7. The number of rotatable bonds is 8. The molecule has 196 valence electrons. The molecule has 0 aliphatic rings. The molecule has 0 aliphatic carbocycles. The zero-order chi connectivity index (χ0) is 27.1. The Labute approximate surface area is 219 Å². The first-order valence-electron chi connectivity index (χ1n) is 11.7. The first kappa shape index (κ1) is 29.0. The quantitative estimate of drug-likeness (QED) is 0.438. The van der Waals surface area contributed by atoms with Gasteiger partial charge in [-0.1, -0.05) is 30.3 Å². The Balaban J connectivity index is 2.46. The van der Waals surface area contributed by atoms with Gasteiger partial charge in [0.25, 0.3) is 5.91 Å². The number of benzene rings is 2. The molecule has 8 nitrogen and oxygen atoms in total. The molecule has 2 aromatic carbocycles. The lowest BCUT2D eigenvalue weighted by atomic mass is 9.95. The number of ether oxygens (including phenoxy) is 2. The number of carbonyl (C=O) groups excluding carboxylic acids is 3. The second-order valence-corrected chi connectivity index (χ2v) is 10.7. The summed E-state index contributed by atoms with van der Waals surface area (Å²) in [5, 5.41) is 5.52. The number of thiol groups is 1. The highest BCUT2D eigenvalue weighted by Crippen LogP contribution is 2.31. The lowest BCUT2D eigenvalue weighted by molar-refractivity contribution is -0.146. The Morgan fingerprint density at radius 3 is 2.00 bits per heavy atom. The molecule has 2 aromatic rings. The van der Waals surface area contributed by atoms with Crippen molar-refractivity contribution in [2.75, 3.05) is 18.2 Å². The Morgan fingerprint density at radius 1 is 0.944 bits per heavy atom. The molecule has 2 rings (SSSR count). The van der Waals surface area contributed by atoms with Gasteiger partial charge in [0.05, 0.1) is 7.11 Å². The summed E-state index contributed by atoms with van der Waals surface area (Å²) in [7, 11) is 1.56. The minimum Gasteiger partial charge on any atom is -0.497 e. The average molecular weight is 516 g/mol. The van der Waals surface area contributed by atoms with Crippen LogP contribution in [0.1, 0.15) is 53.1 Å². The minimum atomic E-state index is -1.01. The van der Waals surface area contributed by atoms with Gasteiger partial charge in [-0.25, -0.2) is 4.79 Å². The number of anilines is 1. The van der Waals surface area contributed by atoms with Crippen molar-refractivity contribution in [3.8, 4) is 5.75 Å². The van der Waals surface area contributed by atoms with E-state index in [1.54, 1.807) is 64.3 Å². The van der Waals surface area contributed by atoms with E-state index in [9.17, 15) is 14.4 Å². The summed E-state index contributed by atoms with van der Waals surface area (Å²) < 4.78 is 10.5. The highest BCUT2D eigenvalue weighted by molar-refractivity contribution is 7.80. The summed E-state index contributed by atoms with van der Waals surface area (Å²) >= 11 is 4.31. The van der Waals surface area contributed by atoms with Gasteiger partial charge in [-0.05, 0) is 71.4 Å². The molecule has 0 saturated carbocycles. The molecular formula is C27H37N3O5S. The molecule has 0 radical (unpaired) electrons. The molecule has 0 heterocycles. The van der Waals surface area contributed by atoms with Gasteiger partial charge in [0.15, 0.2) is 0 Å². The van der Waals surface area contributed by atoms with E-state index in [-0.39, 0.29) is 5.75 Å². The van der Waals surface area contributed by atoms with E-state index >= 15 is 0 Å². The number of hydrogen-bond acceptors (Lipinski definition) is 6. The monoisotopic (exact) mass is 515 g/mol. The molecule has 3 amide bonds. The normalized spacial score (nSPS) is 13.2. The third-order valence-corrected chi connectivity index (χ3v) is 5.48. The largest absolute Gasteiger partial charge is 0.497 e. The fourth-order valence-electron chi connectivity index (χ4n) is 3.59. The van der Waals surface area contributed by atoms with Crippen molar-refractivity contribution in [2.24, 2.45) is 0 Å². The van der Waals surface area contributed by atoms with Crippen molar-refractivity contribution >= 4 is 36.2 Å². The topological polar surface area (TPSA) is 97.0 Å². The van der Waals surface area contributed by atoms with Gasteiger partial charge in [-0.2, -0.15) is 12.6 Å². The van der Waals surface area contributed by atoms with Crippen LogP contribution < -0.4 is 15.4 Å². The Morgan fingerprint density at radius 2 is 1.53 bits per heavy atom. The molecule has 0 bridgehead atoms. The molecule has 0 spiro atoms. The second kappa shape index (κ2) is 12.2. The predicted molar refractivity (Wildman–Crippen MR) is 144 cm³/mol. The average Bonchev–Trinajstić information content (AvgIpc) is 2.79. The van der Waals surface area contributed by atoms with Gasteiger partial charge in [0.1, 0.15) is 23.4 Å². The maximum Gasteiger partial charge on any atom is 0.408 e. The van der Waals surface area contributed by atoms with Crippen LogP contribution in [-0.4, -0.2) is 52.9 Å². The minimum absolute atomic E-state index is 0.0201. The van der Waals surface area contributed by atoms with E-state index in [2.05, 4.69) is 23.3 Å². The molecule has 0 aliphatic heterocycles. The van der Waals surface area contributed by atoms with E-state index in [0.29, 0.717) is 17.0 Å². The summed E-state index contributed by atoms with van der Waals surface area (Å²) in [4.78, 5) is 41.5. The molecule has 2 atom stereocenters. The SMILES string of the molecule is COc1ccc(NC(=O)C(c2ccccc2)N(C(=O)C(CS)NC(=O)OC(C)(C)C)C(C)(C)C)cc1. The number of amides is 3. The summed E-state index contributed by atoms with van der Waals surface area (Å²) in [6.07, 6.45) is -0.734. The molecule has 0 aromatic heterocycles. The summed E-state index contributed by atoms with van der Waals surface area (Å²) in [5.41, 5.74) is -0.336. The van der Waals surface area contributed by atoms with Crippen LogP contribution in [0.15, 0.2) is 54.6 Å². The standard InChI is InChI=1S/C27H37N3O5S/c1-26(2,3)30(24(32)21(17-36)29-25(33)35-27(4,5)6)22(18-11-9-8-10-12-18)23(31)28-19-13-15-20(34-7)16-14-19/h8-16,21-22,36H,17H2,1-7H3,(H,28,31)(H,29,33). The zero-order valence-corrected chi connectivity index (χ0v) is 22.9. The molecule has 0 saturated heterocycles. The lowest BCUT2D eigenvalue weighted by Crippen LogP contribution is -2.58. The number of hydrogen-bond donors (Lipinski definition) is 3. The molecule has 2 N–H and O–H groups in total. The fourth-order valence-corrected chi connectivity index (χ4v) is 3.83. The summed E-state index contributed by atoms with van der Waals surface area (Å²) in [6, 6.07) is 14.0. The van der Waals surface area contributed by atoms with Crippen molar-refractivity contribution < 1.29 is 23.9 Å². The van der Waals surface area contributed by atoms with Gasteiger partial charge >= 0.3 is 6.09 Å². The number of nitrogens with one attached hydrogen (secondary N) is 2. The van der Waals surface area contributed by atoms with E-state index in [0.717, 1.165) is 0 Å². The fraction of sp³-hybridized carbons (Fsp3) is 0.444. The van der Waals surface area contributed by atoms with Crippen molar-refractivity contribution in [3.63, 3.8) is 0 Å². The highest BCUT2D eigenvalue weighted by atomic mass is 32.1. The molecule has 2 unspecified atom stereocenters. The number of nitrogens with zero attached hydrogens (tertiary/aromatic N) is 1. The maximum absolute atomic E-state index is 13.9. The van der Waals surface area contributed by atoms with Crippen molar-refractivity contribution in [2.45, 2.75) is 64.8 Å². The maximum atomic E-state index is 13.9. The molecular weight excluding hydrogens is 478 g/mol. The first-order valence-corrected chi connectivity index (χ1v) is 12.3. The van der Waals surface area contributed by atoms with E-state index in [1.807, 2.05) is 39.0 Å². The van der Waals surface area contributed by atoms with Gasteiger partial charge < -0.3 is 25.0 Å². The first-order chi connectivity index (χ1) is 16.8. The Hall–Kier alpha value is -3.20. The van der Waals surface area contributed by atoms with Crippen LogP contribution in [0.4, 0.5) is 10.5 Å². The molecule has 9 heteroatoms. The van der Waals surface area contributed by atoms with Crippen LogP contribution in [0.2, 0.25) is 0 Å². The van der Waals surface area contributed by atoms with E-state index < -0.39 is 41.1 Å². The Kier molecular flexibility index (Phi) is 9.81.